The summed E-state index contributed by atoms with van der Waals surface area (Å²) >= 11 is 0. The minimum atomic E-state index is -0.870. The van der Waals surface area contributed by atoms with E-state index in [4.69, 9.17) is 9.63 Å². The highest BCUT2D eigenvalue weighted by molar-refractivity contribution is 5.74. The molecular weight excluding hydrogens is 239 g/mol. The number of nitrogens with zero attached hydrogens (tertiary/aromatic N) is 2. The lowest BCUT2D eigenvalue weighted by atomic mass is 10.2. The van der Waals surface area contributed by atoms with Crippen LogP contribution in [0.4, 0.5) is 4.39 Å². The third-order valence-corrected chi connectivity index (χ3v) is 2.98. The molecule has 3 rings (SSSR count). The van der Waals surface area contributed by atoms with Gasteiger partial charge in [-0.05, 0) is 18.6 Å². The van der Waals surface area contributed by atoms with Crippen LogP contribution in [0.2, 0.25) is 0 Å². The number of carbonyl (C=O) groups is 1. The first kappa shape index (κ1) is 10.9. The van der Waals surface area contributed by atoms with E-state index in [1.165, 1.54) is 6.07 Å². The van der Waals surface area contributed by atoms with Crippen molar-refractivity contribution in [2.45, 2.75) is 12.3 Å². The second kappa shape index (κ2) is 3.90. The molecule has 5 nitrogen and oxygen atoms in total. The highest BCUT2D eigenvalue weighted by Gasteiger charge is 2.48. The van der Waals surface area contributed by atoms with Gasteiger partial charge < -0.3 is 9.63 Å². The van der Waals surface area contributed by atoms with Crippen molar-refractivity contribution in [3.63, 3.8) is 0 Å². The second-order valence-corrected chi connectivity index (χ2v) is 4.22. The molecule has 0 saturated heterocycles. The number of rotatable bonds is 3. The van der Waals surface area contributed by atoms with Gasteiger partial charge in [-0.25, -0.2) is 4.39 Å². The third kappa shape index (κ3) is 1.75. The Labute approximate surface area is 101 Å². The van der Waals surface area contributed by atoms with Gasteiger partial charge in [0.1, 0.15) is 5.82 Å². The van der Waals surface area contributed by atoms with Crippen LogP contribution in [0.3, 0.4) is 0 Å². The van der Waals surface area contributed by atoms with E-state index in [0.717, 1.165) is 0 Å². The van der Waals surface area contributed by atoms with Crippen molar-refractivity contribution in [1.29, 1.82) is 0 Å². The van der Waals surface area contributed by atoms with Crippen molar-refractivity contribution in [2.75, 3.05) is 0 Å². The topological polar surface area (TPSA) is 76.2 Å². The minimum absolute atomic E-state index is 0.152. The zero-order chi connectivity index (χ0) is 12.7. The molecule has 0 amide bonds. The molecule has 1 fully saturated rings. The van der Waals surface area contributed by atoms with Gasteiger partial charge in [-0.2, -0.15) is 4.98 Å². The Balaban J connectivity index is 1.87. The van der Waals surface area contributed by atoms with Gasteiger partial charge in [-0.1, -0.05) is 17.3 Å². The van der Waals surface area contributed by atoms with Crippen molar-refractivity contribution in [3.8, 4) is 11.4 Å². The zero-order valence-electron chi connectivity index (χ0n) is 9.21. The van der Waals surface area contributed by atoms with E-state index in [2.05, 4.69) is 10.1 Å². The molecule has 0 spiro atoms. The van der Waals surface area contributed by atoms with Crippen molar-refractivity contribution in [2.24, 2.45) is 5.92 Å². The fourth-order valence-electron chi connectivity index (χ4n) is 1.88. The highest BCUT2D eigenvalue weighted by Crippen LogP contribution is 2.47. The van der Waals surface area contributed by atoms with Gasteiger partial charge in [0.15, 0.2) is 0 Å². The molecule has 1 saturated carbocycles. The molecule has 1 aliphatic rings. The Morgan fingerprint density at radius 1 is 1.44 bits per heavy atom. The largest absolute Gasteiger partial charge is 0.481 e. The van der Waals surface area contributed by atoms with Crippen molar-refractivity contribution < 1.29 is 18.8 Å². The normalized spacial score (nSPS) is 21.8. The van der Waals surface area contributed by atoms with E-state index in [0.29, 0.717) is 6.42 Å². The molecule has 2 aromatic rings. The van der Waals surface area contributed by atoms with Crippen molar-refractivity contribution in [3.05, 3.63) is 36.0 Å². The van der Waals surface area contributed by atoms with E-state index in [9.17, 15) is 9.18 Å². The maximum Gasteiger partial charge on any atom is 0.307 e. The first-order valence-electron chi connectivity index (χ1n) is 5.48. The van der Waals surface area contributed by atoms with Crippen LogP contribution in [-0.2, 0) is 4.79 Å². The zero-order valence-corrected chi connectivity index (χ0v) is 9.21. The van der Waals surface area contributed by atoms with Crippen molar-refractivity contribution >= 4 is 5.97 Å². The summed E-state index contributed by atoms with van der Waals surface area (Å²) in [6.45, 7) is 0. The molecule has 0 bridgehead atoms. The Morgan fingerprint density at radius 2 is 2.22 bits per heavy atom. The van der Waals surface area contributed by atoms with Crippen LogP contribution in [0.25, 0.3) is 11.4 Å². The lowest BCUT2D eigenvalue weighted by Gasteiger charge is -1.94. The quantitative estimate of drug-likeness (QED) is 0.899. The summed E-state index contributed by atoms with van der Waals surface area (Å²) in [5.41, 5.74) is 0.250. The van der Waals surface area contributed by atoms with Crippen LogP contribution >= 0.6 is 0 Å². The summed E-state index contributed by atoms with van der Waals surface area (Å²) in [6.07, 6.45) is 0.494. The van der Waals surface area contributed by atoms with E-state index in [-0.39, 0.29) is 23.2 Å². The number of aromatic nitrogens is 2. The molecule has 2 unspecified atom stereocenters. The number of carboxylic acid groups (broad SMARTS) is 1. The first-order chi connectivity index (χ1) is 8.66. The maximum atomic E-state index is 13.5. The predicted octanol–water partition coefficient (Wildman–Crippen LogP) is 2.06. The van der Waals surface area contributed by atoms with Crippen LogP contribution in [-0.4, -0.2) is 21.2 Å². The van der Waals surface area contributed by atoms with E-state index < -0.39 is 17.7 Å². The molecule has 1 N–H and O–H groups in total. The lowest BCUT2D eigenvalue weighted by molar-refractivity contribution is -0.138. The van der Waals surface area contributed by atoms with E-state index >= 15 is 0 Å². The number of aliphatic carboxylic acids is 1. The standard InChI is InChI=1S/C12H9FN2O3/c13-9-4-2-1-3-6(9)10-14-11(18-15-10)7-5-8(7)12(16)17/h1-4,7-8H,5H2,(H,16,17). The first-order valence-corrected chi connectivity index (χ1v) is 5.48. The molecule has 0 radical (unpaired) electrons. The van der Waals surface area contributed by atoms with Crippen LogP contribution in [0.1, 0.15) is 18.2 Å². The summed E-state index contributed by atoms with van der Waals surface area (Å²) in [6, 6.07) is 6.10. The third-order valence-electron chi connectivity index (χ3n) is 2.98. The van der Waals surface area contributed by atoms with Gasteiger partial charge >= 0.3 is 5.97 Å². The number of halogens is 1. The Kier molecular flexibility index (Phi) is 2.36. The average molecular weight is 248 g/mol. The molecule has 1 aromatic heterocycles. The van der Waals surface area contributed by atoms with Gasteiger partial charge in [0.2, 0.25) is 11.7 Å². The smallest absolute Gasteiger partial charge is 0.307 e. The molecule has 0 aliphatic heterocycles. The highest BCUT2D eigenvalue weighted by atomic mass is 19.1. The number of hydrogen-bond donors (Lipinski definition) is 1. The number of hydrogen-bond acceptors (Lipinski definition) is 4. The number of carboxylic acids is 1. The summed E-state index contributed by atoms with van der Waals surface area (Å²) in [4.78, 5) is 14.8. The van der Waals surface area contributed by atoms with Crippen molar-refractivity contribution in [1.82, 2.24) is 10.1 Å². The fourth-order valence-corrected chi connectivity index (χ4v) is 1.88. The van der Waals surface area contributed by atoms with Crippen LogP contribution < -0.4 is 0 Å². The van der Waals surface area contributed by atoms with Gasteiger partial charge in [0.25, 0.3) is 0 Å². The van der Waals surface area contributed by atoms with Gasteiger partial charge in [0, 0.05) is 0 Å². The average Bonchev–Trinajstić information content (AvgIpc) is 3.02. The number of benzene rings is 1. The SMILES string of the molecule is O=C(O)C1CC1c1nc(-c2ccccc2F)no1. The fraction of sp³-hybridized carbons (Fsp3) is 0.250. The Hall–Kier alpha value is -2.24. The van der Waals surface area contributed by atoms with Gasteiger partial charge in [-0.15, -0.1) is 0 Å². The summed E-state index contributed by atoms with van der Waals surface area (Å²) in [7, 11) is 0. The van der Waals surface area contributed by atoms with Crippen LogP contribution in [0.5, 0.6) is 0 Å². The molecule has 18 heavy (non-hydrogen) atoms. The molecule has 1 heterocycles. The summed E-state index contributed by atoms with van der Waals surface area (Å²) in [5.74, 6) is -1.59. The Morgan fingerprint density at radius 3 is 2.89 bits per heavy atom. The van der Waals surface area contributed by atoms with E-state index in [1.54, 1.807) is 18.2 Å². The maximum absolute atomic E-state index is 13.5. The van der Waals surface area contributed by atoms with Crippen LogP contribution in [0, 0.1) is 11.7 Å². The van der Waals surface area contributed by atoms with Crippen LogP contribution in [0.15, 0.2) is 28.8 Å². The molecule has 6 heteroatoms. The molecule has 1 aliphatic carbocycles. The molecule has 2 atom stereocenters. The molecule has 92 valence electrons. The monoisotopic (exact) mass is 248 g/mol. The summed E-state index contributed by atoms with van der Waals surface area (Å²) in [5, 5.41) is 12.5. The molecular formula is C12H9FN2O3. The summed E-state index contributed by atoms with van der Waals surface area (Å²) < 4.78 is 18.5. The minimum Gasteiger partial charge on any atom is -0.481 e. The second-order valence-electron chi connectivity index (χ2n) is 4.22. The molecule has 1 aromatic carbocycles. The van der Waals surface area contributed by atoms with E-state index in [1.807, 2.05) is 0 Å². The van der Waals surface area contributed by atoms with Gasteiger partial charge in [-0.3, -0.25) is 4.79 Å². The van der Waals surface area contributed by atoms with Gasteiger partial charge in [0.05, 0.1) is 17.4 Å². The lowest BCUT2D eigenvalue weighted by Crippen LogP contribution is -1.99. The predicted molar refractivity (Wildman–Crippen MR) is 58.2 cm³/mol. The Bertz CT molecular complexity index is 611.